The van der Waals surface area contributed by atoms with Crippen molar-refractivity contribution in [3.63, 3.8) is 0 Å². The Bertz CT molecular complexity index is 1360. The van der Waals surface area contributed by atoms with Crippen molar-refractivity contribution >= 4 is 34.1 Å². The normalized spacial score (nSPS) is 13.5. The van der Waals surface area contributed by atoms with Gasteiger partial charge in [-0.1, -0.05) is 0 Å². The Balaban J connectivity index is 1.59. The van der Waals surface area contributed by atoms with Gasteiger partial charge in [0.15, 0.2) is 0 Å². The number of rotatable bonds is 6. The van der Waals surface area contributed by atoms with Gasteiger partial charge in [0.2, 0.25) is 0 Å². The smallest absolute Gasteiger partial charge is 0.334 e. The van der Waals surface area contributed by atoms with Crippen LogP contribution in [0, 0.1) is 0 Å². The van der Waals surface area contributed by atoms with Crippen LogP contribution in [0.3, 0.4) is 0 Å². The Hall–Kier alpha value is -4.21. The van der Waals surface area contributed by atoms with E-state index < -0.39 is 13.0 Å². The SMILES string of the molecule is COc1ccc(N2C(=O)N(c3ccc4ncn(C)c4c3)Cc3ncc(OCC(F)F)cc32)cc1. The van der Waals surface area contributed by atoms with Gasteiger partial charge in [0, 0.05) is 18.8 Å². The number of amides is 2. The molecule has 0 bridgehead atoms. The lowest BCUT2D eigenvalue weighted by Gasteiger charge is -2.36. The lowest BCUT2D eigenvalue weighted by molar-refractivity contribution is 0.0817. The predicted octanol–water partition coefficient (Wildman–Crippen LogP) is 4.90. The molecule has 0 atom stereocenters. The highest BCUT2D eigenvalue weighted by molar-refractivity contribution is 6.11. The molecule has 5 rings (SSSR count). The minimum atomic E-state index is -2.62. The Morgan fingerprint density at radius 2 is 1.79 bits per heavy atom. The van der Waals surface area contributed by atoms with Crippen molar-refractivity contribution in [1.82, 2.24) is 14.5 Å². The van der Waals surface area contributed by atoms with Crippen LogP contribution in [0.25, 0.3) is 11.0 Å². The van der Waals surface area contributed by atoms with Gasteiger partial charge in [-0.3, -0.25) is 14.8 Å². The second kappa shape index (κ2) is 8.62. The Morgan fingerprint density at radius 3 is 2.53 bits per heavy atom. The fourth-order valence-electron chi connectivity index (χ4n) is 3.92. The molecule has 2 aromatic heterocycles. The number of urea groups is 1. The van der Waals surface area contributed by atoms with Crippen LogP contribution in [-0.4, -0.2) is 40.7 Å². The molecule has 3 heterocycles. The molecular formula is C24H21F2N5O3. The van der Waals surface area contributed by atoms with Gasteiger partial charge in [-0.25, -0.2) is 18.6 Å². The second-order valence-corrected chi connectivity index (χ2v) is 7.77. The van der Waals surface area contributed by atoms with Gasteiger partial charge in [0.25, 0.3) is 6.43 Å². The van der Waals surface area contributed by atoms with Crippen LogP contribution >= 0.6 is 0 Å². The van der Waals surface area contributed by atoms with E-state index in [0.717, 1.165) is 11.0 Å². The Kier molecular flexibility index (Phi) is 5.48. The zero-order chi connectivity index (χ0) is 23.8. The number of hydrogen-bond acceptors (Lipinski definition) is 5. The maximum absolute atomic E-state index is 13.8. The zero-order valence-electron chi connectivity index (χ0n) is 18.5. The number of benzene rings is 2. The minimum absolute atomic E-state index is 0.162. The van der Waals surface area contributed by atoms with E-state index in [2.05, 4.69) is 9.97 Å². The van der Waals surface area contributed by atoms with Gasteiger partial charge in [-0.15, -0.1) is 0 Å². The first kappa shape index (κ1) is 21.6. The molecular weight excluding hydrogens is 444 g/mol. The molecule has 34 heavy (non-hydrogen) atoms. The van der Waals surface area contributed by atoms with E-state index in [9.17, 15) is 13.6 Å². The molecule has 0 fully saturated rings. The number of alkyl halides is 2. The number of carbonyl (C=O) groups is 1. The highest BCUT2D eigenvalue weighted by Gasteiger charge is 2.34. The standard InChI is InChI=1S/C24H21F2N5O3/c1-29-14-28-19-8-5-16(9-21(19)29)30-12-20-22(10-18(11-27-20)34-13-23(25)26)31(24(30)32)15-3-6-17(33-2)7-4-15/h3-11,14,23H,12-13H2,1-2H3. The predicted molar refractivity (Wildman–Crippen MR) is 123 cm³/mol. The summed E-state index contributed by atoms with van der Waals surface area (Å²) in [6.07, 6.45) is 0.493. The molecule has 1 aliphatic rings. The molecule has 1 aliphatic heterocycles. The number of imidazole rings is 1. The van der Waals surface area contributed by atoms with E-state index in [1.54, 1.807) is 48.7 Å². The van der Waals surface area contributed by atoms with Gasteiger partial charge < -0.3 is 14.0 Å². The quantitative estimate of drug-likeness (QED) is 0.405. The molecule has 0 saturated heterocycles. The van der Waals surface area contributed by atoms with Crippen LogP contribution in [0.2, 0.25) is 0 Å². The van der Waals surface area contributed by atoms with Crippen LogP contribution in [0.4, 0.5) is 30.6 Å². The first-order chi connectivity index (χ1) is 16.4. The topological polar surface area (TPSA) is 72.7 Å². The average Bonchev–Trinajstić information content (AvgIpc) is 3.22. The van der Waals surface area contributed by atoms with Gasteiger partial charge in [-0.05, 0) is 42.5 Å². The van der Waals surface area contributed by atoms with Crippen molar-refractivity contribution < 1.29 is 23.0 Å². The maximum atomic E-state index is 13.8. The first-order valence-electron chi connectivity index (χ1n) is 10.5. The number of carbonyl (C=O) groups excluding carboxylic acids is 1. The number of nitrogens with zero attached hydrogens (tertiary/aromatic N) is 5. The van der Waals surface area contributed by atoms with Gasteiger partial charge >= 0.3 is 6.03 Å². The van der Waals surface area contributed by atoms with E-state index >= 15 is 0 Å². The van der Waals surface area contributed by atoms with E-state index in [4.69, 9.17) is 9.47 Å². The lowest BCUT2D eigenvalue weighted by atomic mass is 10.1. The average molecular weight is 465 g/mol. The van der Waals surface area contributed by atoms with Crippen LogP contribution in [0.15, 0.2) is 61.1 Å². The molecule has 0 radical (unpaired) electrons. The fourth-order valence-corrected chi connectivity index (χ4v) is 3.92. The summed E-state index contributed by atoms with van der Waals surface area (Å²) < 4.78 is 37.6. The molecule has 4 aromatic rings. The number of fused-ring (bicyclic) bond motifs is 2. The largest absolute Gasteiger partial charge is 0.497 e. The third kappa shape index (κ3) is 3.87. The molecule has 8 nitrogen and oxygen atoms in total. The van der Waals surface area contributed by atoms with Crippen LogP contribution in [0.1, 0.15) is 5.69 Å². The van der Waals surface area contributed by atoms with Crippen molar-refractivity contribution in [3.8, 4) is 11.5 Å². The third-order valence-electron chi connectivity index (χ3n) is 5.62. The summed E-state index contributed by atoms with van der Waals surface area (Å²) in [5, 5.41) is 0. The Labute approximate surface area is 194 Å². The third-order valence-corrected chi connectivity index (χ3v) is 5.62. The molecule has 10 heteroatoms. The van der Waals surface area contributed by atoms with Crippen molar-refractivity contribution in [3.05, 3.63) is 66.7 Å². The summed E-state index contributed by atoms with van der Waals surface area (Å²) in [4.78, 5) is 25.7. The van der Waals surface area contributed by atoms with Crippen molar-refractivity contribution in [2.75, 3.05) is 23.5 Å². The number of aryl methyl sites for hydroxylation is 1. The summed E-state index contributed by atoms with van der Waals surface area (Å²) in [5.41, 5.74) is 4.04. The van der Waals surface area contributed by atoms with Crippen LogP contribution in [-0.2, 0) is 13.6 Å². The van der Waals surface area contributed by atoms with E-state index in [1.807, 2.05) is 29.8 Å². The summed E-state index contributed by atoms with van der Waals surface area (Å²) in [5.74, 6) is 0.800. The summed E-state index contributed by atoms with van der Waals surface area (Å²) in [7, 11) is 3.45. The van der Waals surface area contributed by atoms with E-state index in [1.165, 1.54) is 11.1 Å². The van der Waals surface area contributed by atoms with Gasteiger partial charge in [0.05, 0.1) is 54.3 Å². The van der Waals surface area contributed by atoms with Gasteiger partial charge in [0.1, 0.15) is 18.1 Å². The molecule has 2 aromatic carbocycles. The first-order valence-corrected chi connectivity index (χ1v) is 10.5. The van der Waals surface area contributed by atoms with Gasteiger partial charge in [-0.2, -0.15) is 0 Å². The molecule has 0 aliphatic carbocycles. The number of aromatic nitrogens is 3. The van der Waals surface area contributed by atoms with Crippen LogP contribution < -0.4 is 19.3 Å². The summed E-state index contributed by atoms with van der Waals surface area (Å²) in [6, 6.07) is 13.8. The number of hydrogen-bond donors (Lipinski definition) is 0. The minimum Gasteiger partial charge on any atom is -0.497 e. The number of pyridine rings is 1. The van der Waals surface area contributed by atoms with Crippen molar-refractivity contribution in [1.29, 1.82) is 0 Å². The van der Waals surface area contributed by atoms with Crippen LogP contribution in [0.5, 0.6) is 11.5 Å². The molecule has 174 valence electrons. The molecule has 0 spiro atoms. The second-order valence-electron chi connectivity index (χ2n) is 7.77. The van der Waals surface area contributed by atoms with Crippen molar-refractivity contribution in [2.24, 2.45) is 7.05 Å². The number of methoxy groups -OCH3 is 1. The maximum Gasteiger partial charge on any atom is 0.334 e. The Morgan fingerprint density at radius 1 is 1.03 bits per heavy atom. The zero-order valence-corrected chi connectivity index (χ0v) is 18.5. The number of anilines is 3. The van der Waals surface area contributed by atoms with E-state index in [0.29, 0.717) is 28.5 Å². The molecule has 2 amide bonds. The highest BCUT2D eigenvalue weighted by atomic mass is 19.3. The molecule has 0 unspecified atom stereocenters. The fraction of sp³-hybridized carbons (Fsp3) is 0.208. The highest BCUT2D eigenvalue weighted by Crippen LogP contribution is 2.38. The summed E-state index contributed by atoms with van der Waals surface area (Å²) in [6.45, 7) is -0.549. The number of halogens is 2. The molecule has 0 N–H and O–H groups in total. The monoisotopic (exact) mass is 465 g/mol. The summed E-state index contributed by atoms with van der Waals surface area (Å²) >= 11 is 0. The molecule has 0 saturated carbocycles. The lowest BCUT2D eigenvalue weighted by Crippen LogP contribution is -2.45. The number of ether oxygens (including phenoxy) is 2. The van der Waals surface area contributed by atoms with Crippen molar-refractivity contribution in [2.45, 2.75) is 13.0 Å². The van der Waals surface area contributed by atoms with E-state index in [-0.39, 0.29) is 18.3 Å².